The summed E-state index contributed by atoms with van der Waals surface area (Å²) >= 11 is 0. The maximum absolute atomic E-state index is 13.7. The lowest BCUT2D eigenvalue weighted by Gasteiger charge is -2.36. The Morgan fingerprint density at radius 1 is 0.724 bits per heavy atom. The van der Waals surface area contributed by atoms with E-state index >= 15 is 0 Å². The van der Waals surface area contributed by atoms with Crippen LogP contribution in [0.25, 0.3) is 11.1 Å². The molecule has 0 radical (unpaired) electrons. The Hall–Kier alpha value is -2.63. The standard InChI is InChI=1S/C24H23F3N2/c25-24(26,27)22-9-5-4-8-21(22)23(29-16-14-28-15-17-29)20-12-10-19(11-13-20)18-6-2-1-3-7-18/h1-13,23,28H,14-17H2. The Labute approximate surface area is 169 Å². The van der Waals surface area contributed by atoms with Crippen molar-refractivity contribution < 1.29 is 13.2 Å². The van der Waals surface area contributed by atoms with Crippen molar-refractivity contribution in [2.24, 2.45) is 0 Å². The van der Waals surface area contributed by atoms with Gasteiger partial charge >= 0.3 is 6.18 Å². The summed E-state index contributed by atoms with van der Waals surface area (Å²) in [6.07, 6.45) is -4.38. The van der Waals surface area contributed by atoms with Crippen LogP contribution in [0, 0.1) is 0 Å². The molecule has 0 aliphatic carbocycles. The van der Waals surface area contributed by atoms with Gasteiger partial charge in [-0.15, -0.1) is 0 Å². The molecule has 150 valence electrons. The maximum Gasteiger partial charge on any atom is 0.416 e. The minimum absolute atomic E-state index is 0.314. The number of nitrogens with one attached hydrogen (secondary N) is 1. The molecular formula is C24H23F3N2. The number of halogens is 3. The van der Waals surface area contributed by atoms with Gasteiger partial charge in [-0.2, -0.15) is 13.2 Å². The second kappa shape index (κ2) is 8.39. The van der Waals surface area contributed by atoms with Gasteiger partial charge in [-0.1, -0.05) is 72.8 Å². The molecule has 3 aromatic rings. The van der Waals surface area contributed by atoms with Gasteiger partial charge in [0, 0.05) is 26.2 Å². The van der Waals surface area contributed by atoms with E-state index in [-0.39, 0.29) is 0 Å². The molecule has 0 saturated carbocycles. The summed E-state index contributed by atoms with van der Waals surface area (Å²) < 4.78 is 41.2. The summed E-state index contributed by atoms with van der Waals surface area (Å²) in [6, 6.07) is 23.4. The fourth-order valence-electron chi connectivity index (χ4n) is 4.01. The number of nitrogens with zero attached hydrogens (tertiary/aromatic N) is 1. The zero-order chi connectivity index (χ0) is 20.3. The first kappa shape index (κ1) is 19.7. The zero-order valence-electron chi connectivity index (χ0n) is 16.0. The van der Waals surface area contributed by atoms with Crippen LogP contribution in [-0.4, -0.2) is 31.1 Å². The van der Waals surface area contributed by atoms with Gasteiger partial charge in [0.15, 0.2) is 0 Å². The van der Waals surface area contributed by atoms with Crippen molar-refractivity contribution in [3.8, 4) is 11.1 Å². The smallest absolute Gasteiger partial charge is 0.314 e. The van der Waals surface area contributed by atoms with Crippen molar-refractivity contribution in [2.75, 3.05) is 26.2 Å². The highest BCUT2D eigenvalue weighted by atomic mass is 19.4. The monoisotopic (exact) mass is 396 g/mol. The number of benzene rings is 3. The number of hydrogen-bond acceptors (Lipinski definition) is 2. The van der Waals surface area contributed by atoms with E-state index in [2.05, 4.69) is 10.2 Å². The van der Waals surface area contributed by atoms with Gasteiger partial charge in [-0.05, 0) is 28.3 Å². The fraction of sp³-hybridized carbons (Fsp3) is 0.250. The van der Waals surface area contributed by atoms with Crippen LogP contribution in [-0.2, 0) is 6.18 Å². The molecule has 1 heterocycles. The van der Waals surface area contributed by atoms with Crippen LogP contribution in [0.2, 0.25) is 0 Å². The lowest BCUT2D eigenvalue weighted by atomic mass is 9.91. The van der Waals surface area contributed by atoms with Gasteiger partial charge in [0.25, 0.3) is 0 Å². The van der Waals surface area contributed by atoms with E-state index in [4.69, 9.17) is 0 Å². The summed E-state index contributed by atoms with van der Waals surface area (Å²) in [5.74, 6) is 0. The first-order valence-corrected chi connectivity index (χ1v) is 9.80. The quantitative estimate of drug-likeness (QED) is 0.638. The van der Waals surface area contributed by atoms with Crippen LogP contribution >= 0.6 is 0 Å². The molecule has 3 aromatic carbocycles. The summed E-state index contributed by atoms with van der Waals surface area (Å²) in [7, 11) is 0. The van der Waals surface area contributed by atoms with Gasteiger partial charge in [-0.3, -0.25) is 4.90 Å². The summed E-state index contributed by atoms with van der Waals surface area (Å²) in [4.78, 5) is 2.14. The van der Waals surface area contributed by atoms with Crippen LogP contribution in [0.4, 0.5) is 13.2 Å². The van der Waals surface area contributed by atoms with Crippen molar-refractivity contribution >= 4 is 0 Å². The summed E-state index contributed by atoms with van der Waals surface area (Å²) in [6.45, 7) is 2.95. The summed E-state index contributed by atoms with van der Waals surface area (Å²) in [5.41, 5.74) is 2.78. The summed E-state index contributed by atoms with van der Waals surface area (Å²) in [5, 5.41) is 3.28. The zero-order valence-corrected chi connectivity index (χ0v) is 16.0. The Morgan fingerprint density at radius 2 is 1.31 bits per heavy atom. The number of hydrogen-bond donors (Lipinski definition) is 1. The van der Waals surface area contributed by atoms with Crippen LogP contribution in [0.15, 0.2) is 78.9 Å². The Kier molecular flexibility index (Phi) is 5.69. The Bertz CT molecular complexity index is 930. The maximum atomic E-state index is 13.7. The van der Waals surface area contributed by atoms with Crippen molar-refractivity contribution in [2.45, 2.75) is 12.2 Å². The molecule has 1 N–H and O–H groups in total. The van der Waals surface area contributed by atoms with Crippen molar-refractivity contribution in [3.05, 3.63) is 95.6 Å². The minimum Gasteiger partial charge on any atom is -0.314 e. The Balaban J connectivity index is 1.76. The van der Waals surface area contributed by atoms with Gasteiger partial charge in [0.1, 0.15) is 0 Å². The molecule has 4 rings (SSSR count). The van der Waals surface area contributed by atoms with E-state index in [9.17, 15) is 13.2 Å². The Morgan fingerprint density at radius 3 is 1.97 bits per heavy atom. The average Bonchev–Trinajstić information content (AvgIpc) is 2.76. The molecule has 1 fully saturated rings. The van der Waals surface area contributed by atoms with Gasteiger partial charge in [-0.25, -0.2) is 0 Å². The second-order valence-corrected chi connectivity index (χ2v) is 7.26. The largest absolute Gasteiger partial charge is 0.416 e. The molecular weight excluding hydrogens is 373 g/mol. The molecule has 0 spiro atoms. The van der Waals surface area contributed by atoms with Crippen molar-refractivity contribution in [1.82, 2.24) is 10.2 Å². The van der Waals surface area contributed by atoms with E-state index < -0.39 is 17.8 Å². The van der Waals surface area contributed by atoms with Crippen LogP contribution in [0.5, 0.6) is 0 Å². The third kappa shape index (κ3) is 4.36. The SMILES string of the molecule is FC(F)(F)c1ccccc1C(c1ccc(-c2ccccc2)cc1)N1CCNCC1. The second-order valence-electron chi connectivity index (χ2n) is 7.26. The lowest BCUT2D eigenvalue weighted by Crippen LogP contribution is -2.45. The van der Waals surface area contributed by atoms with Gasteiger partial charge < -0.3 is 5.32 Å². The van der Waals surface area contributed by atoms with Crippen molar-refractivity contribution in [1.29, 1.82) is 0 Å². The van der Waals surface area contributed by atoms with E-state index in [1.165, 1.54) is 12.1 Å². The third-order valence-electron chi connectivity index (χ3n) is 5.41. The molecule has 5 heteroatoms. The highest BCUT2D eigenvalue weighted by Crippen LogP contribution is 2.39. The topological polar surface area (TPSA) is 15.3 Å². The average molecular weight is 396 g/mol. The minimum atomic E-state index is -4.38. The molecule has 2 nitrogen and oxygen atoms in total. The van der Waals surface area contributed by atoms with E-state index in [0.717, 1.165) is 29.8 Å². The molecule has 1 unspecified atom stereocenters. The number of rotatable bonds is 4. The van der Waals surface area contributed by atoms with Crippen molar-refractivity contribution in [3.63, 3.8) is 0 Å². The molecule has 1 saturated heterocycles. The third-order valence-corrected chi connectivity index (χ3v) is 5.41. The van der Waals surface area contributed by atoms with Crippen LogP contribution in [0.1, 0.15) is 22.7 Å². The highest BCUT2D eigenvalue weighted by molar-refractivity contribution is 5.63. The number of piperazine rings is 1. The lowest BCUT2D eigenvalue weighted by molar-refractivity contribution is -0.138. The van der Waals surface area contributed by atoms with Gasteiger partial charge in [0.05, 0.1) is 11.6 Å². The highest BCUT2D eigenvalue weighted by Gasteiger charge is 2.37. The van der Waals surface area contributed by atoms with E-state index in [1.54, 1.807) is 12.1 Å². The van der Waals surface area contributed by atoms with Crippen LogP contribution < -0.4 is 5.32 Å². The molecule has 0 amide bonds. The first-order valence-electron chi connectivity index (χ1n) is 9.80. The molecule has 0 aromatic heterocycles. The molecule has 1 atom stereocenters. The molecule has 29 heavy (non-hydrogen) atoms. The van der Waals surface area contributed by atoms with Gasteiger partial charge in [0.2, 0.25) is 0 Å². The molecule has 1 aliphatic rings. The fourth-order valence-corrected chi connectivity index (χ4v) is 4.01. The molecule has 0 bridgehead atoms. The van der Waals surface area contributed by atoms with E-state index in [0.29, 0.717) is 18.7 Å². The number of alkyl halides is 3. The predicted octanol–water partition coefficient (Wildman–Crippen LogP) is 5.37. The van der Waals surface area contributed by atoms with E-state index in [1.807, 2.05) is 54.6 Å². The van der Waals surface area contributed by atoms with Crippen LogP contribution in [0.3, 0.4) is 0 Å². The normalized spacial score (nSPS) is 16.5. The first-order chi connectivity index (χ1) is 14.0. The predicted molar refractivity (Wildman–Crippen MR) is 110 cm³/mol. The molecule has 1 aliphatic heterocycles.